The van der Waals surface area contributed by atoms with Gasteiger partial charge in [-0.3, -0.25) is 14.3 Å². The van der Waals surface area contributed by atoms with Gasteiger partial charge in [0.15, 0.2) is 0 Å². The predicted octanol–water partition coefficient (Wildman–Crippen LogP) is -0.0367. The predicted molar refractivity (Wildman–Crippen MR) is 70.7 cm³/mol. The van der Waals surface area contributed by atoms with E-state index in [1.165, 1.54) is 11.6 Å². The van der Waals surface area contributed by atoms with Gasteiger partial charge in [-0.2, -0.15) is 11.8 Å². The fourth-order valence-electron chi connectivity index (χ4n) is 1.84. The Morgan fingerprint density at radius 1 is 1.53 bits per heavy atom. The zero-order valence-corrected chi connectivity index (χ0v) is 10.5. The fourth-order valence-corrected chi connectivity index (χ4v) is 2.91. The van der Waals surface area contributed by atoms with Crippen LogP contribution in [-0.2, 0) is 7.05 Å². The molecule has 1 atom stereocenters. The second-order valence-electron chi connectivity index (χ2n) is 4.14. The van der Waals surface area contributed by atoms with Crippen LogP contribution in [0.15, 0.2) is 9.59 Å². The van der Waals surface area contributed by atoms with Crippen LogP contribution in [0, 0.1) is 0 Å². The van der Waals surface area contributed by atoms with E-state index in [-0.39, 0.29) is 11.9 Å². The van der Waals surface area contributed by atoms with Crippen LogP contribution in [0.4, 0.5) is 11.5 Å². The molecule has 1 aliphatic rings. The van der Waals surface area contributed by atoms with E-state index in [0.717, 1.165) is 24.3 Å². The van der Waals surface area contributed by atoms with Crippen molar-refractivity contribution >= 4 is 23.3 Å². The zero-order chi connectivity index (χ0) is 12.4. The molecule has 0 saturated carbocycles. The Morgan fingerprint density at radius 2 is 2.29 bits per heavy atom. The highest BCUT2D eigenvalue weighted by Gasteiger charge is 2.17. The Kier molecular flexibility index (Phi) is 3.46. The van der Waals surface area contributed by atoms with Gasteiger partial charge in [-0.25, -0.2) is 4.79 Å². The summed E-state index contributed by atoms with van der Waals surface area (Å²) in [5.41, 5.74) is 5.15. The highest BCUT2D eigenvalue weighted by atomic mass is 32.2. The second-order valence-corrected chi connectivity index (χ2v) is 5.29. The topological polar surface area (TPSA) is 92.9 Å². The molecule has 94 valence electrons. The maximum Gasteiger partial charge on any atom is 0.329 e. The number of H-pyrrole nitrogens is 1. The van der Waals surface area contributed by atoms with Gasteiger partial charge in [0.25, 0.3) is 5.56 Å². The number of hydrogen-bond acceptors (Lipinski definition) is 5. The minimum Gasteiger partial charge on any atom is -0.383 e. The average Bonchev–Trinajstić information content (AvgIpc) is 2.33. The normalized spacial score (nSPS) is 20.2. The van der Waals surface area contributed by atoms with Crippen molar-refractivity contribution in [3.63, 3.8) is 0 Å². The molecule has 1 saturated heterocycles. The van der Waals surface area contributed by atoms with Crippen molar-refractivity contribution in [2.24, 2.45) is 7.05 Å². The van der Waals surface area contributed by atoms with Gasteiger partial charge < -0.3 is 11.1 Å². The van der Waals surface area contributed by atoms with E-state index in [4.69, 9.17) is 5.73 Å². The molecule has 0 radical (unpaired) electrons. The highest BCUT2D eigenvalue weighted by Crippen LogP contribution is 2.21. The van der Waals surface area contributed by atoms with Crippen molar-refractivity contribution in [3.8, 4) is 0 Å². The van der Waals surface area contributed by atoms with Crippen LogP contribution in [0.1, 0.15) is 12.8 Å². The summed E-state index contributed by atoms with van der Waals surface area (Å²) in [6.07, 6.45) is 2.15. The van der Waals surface area contributed by atoms with E-state index in [9.17, 15) is 9.59 Å². The van der Waals surface area contributed by atoms with Gasteiger partial charge in [-0.15, -0.1) is 0 Å². The molecule has 0 aliphatic carbocycles. The SMILES string of the molecule is Cn1c(N)c(NC2CCCSC2)c(=O)[nH]c1=O. The smallest absolute Gasteiger partial charge is 0.329 e. The molecule has 6 nitrogen and oxygen atoms in total. The van der Waals surface area contributed by atoms with Crippen LogP contribution in [0.2, 0.25) is 0 Å². The van der Waals surface area contributed by atoms with Gasteiger partial charge in [-0.05, 0) is 18.6 Å². The second kappa shape index (κ2) is 4.87. The molecule has 17 heavy (non-hydrogen) atoms. The lowest BCUT2D eigenvalue weighted by Gasteiger charge is -2.23. The summed E-state index contributed by atoms with van der Waals surface area (Å²) in [6, 6.07) is 0.245. The standard InChI is InChI=1S/C10H16N4O2S/c1-14-8(11)7(9(15)13-10(14)16)12-6-3-2-4-17-5-6/h6,12H,2-5,11H2,1H3,(H,13,15,16). The van der Waals surface area contributed by atoms with Crippen LogP contribution in [0.3, 0.4) is 0 Å². The van der Waals surface area contributed by atoms with E-state index in [0.29, 0.717) is 5.69 Å². The maximum absolute atomic E-state index is 11.7. The van der Waals surface area contributed by atoms with Crippen LogP contribution in [-0.4, -0.2) is 27.1 Å². The molecule has 0 amide bonds. The van der Waals surface area contributed by atoms with Crippen LogP contribution < -0.4 is 22.3 Å². The third-order valence-electron chi connectivity index (χ3n) is 2.88. The number of nitrogens with one attached hydrogen (secondary N) is 2. The molecule has 2 rings (SSSR count). The van der Waals surface area contributed by atoms with Crippen LogP contribution in [0.5, 0.6) is 0 Å². The number of rotatable bonds is 2. The number of anilines is 2. The van der Waals surface area contributed by atoms with Crippen LogP contribution in [0.25, 0.3) is 0 Å². The van der Waals surface area contributed by atoms with Crippen molar-refractivity contribution < 1.29 is 0 Å². The van der Waals surface area contributed by atoms with E-state index in [2.05, 4.69) is 10.3 Å². The molecule has 1 aromatic rings. The molecule has 2 heterocycles. The molecule has 4 N–H and O–H groups in total. The minimum atomic E-state index is -0.490. The quantitative estimate of drug-likeness (QED) is 0.690. The first kappa shape index (κ1) is 12.1. The third kappa shape index (κ3) is 2.49. The van der Waals surface area contributed by atoms with Crippen molar-refractivity contribution in [2.45, 2.75) is 18.9 Å². The van der Waals surface area contributed by atoms with E-state index in [1.807, 2.05) is 11.8 Å². The molecule has 7 heteroatoms. The van der Waals surface area contributed by atoms with Crippen molar-refractivity contribution in [2.75, 3.05) is 22.6 Å². The molecule has 1 fully saturated rings. The minimum absolute atomic E-state index is 0.189. The molecular formula is C10H16N4O2S. The summed E-state index contributed by atoms with van der Waals surface area (Å²) >= 11 is 1.86. The summed E-state index contributed by atoms with van der Waals surface area (Å²) in [5.74, 6) is 2.31. The Morgan fingerprint density at radius 3 is 2.94 bits per heavy atom. The summed E-state index contributed by atoms with van der Waals surface area (Å²) in [7, 11) is 1.54. The molecule has 1 aromatic heterocycles. The largest absolute Gasteiger partial charge is 0.383 e. The summed E-state index contributed by atoms with van der Waals surface area (Å²) in [4.78, 5) is 25.2. The van der Waals surface area contributed by atoms with Gasteiger partial charge in [0, 0.05) is 18.8 Å². The van der Waals surface area contributed by atoms with Crippen molar-refractivity contribution in [3.05, 3.63) is 20.8 Å². The molecular weight excluding hydrogens is 240 g/mol. The number of aromatic amines is 1. The molecule has 0 spiro atoms. The lowest BCUT2D eigenvalue weighted by atomic mass is 10.2. The van der Waals surface area contributed by atoms with E-state index in [1.54, 1.807) is 0 Å². The Balaban J connectivity index is 2.29. The monoisotopic (exact) mass is 256 g/mol. The number of nitrogens with two attached hydrogens (primary N) is 1. The molecule has 1 aliphatic heterocycles. The summed E-state index contributed by atoms with van der Waals surface area (Å²) in [6.45, 7) is 0. The van der Waals surface area contributed by atoms with E-state index < -0.39 is 11.2 Å². The average molecular weight is 256 g/mol. The Hall–Kier alpha value is -1.37. The number of nitrogen functional groups attached to an aromatic ring is 1. The van der Waals surface area contributed by atoms with Gasteiger partial charge in [-0.1, -0.05) is 0 Å². The number of nitrogens with zero attached hydrogens (tertiary/aromatic N) is 1. The lowest BCUT2D eigenvalue weighted by molar-refractivity contribution is 0.681. The van der Waals surface area contributed by atoms with Crippen LogP contribution >= 0.6 is 11.8 Å². The fraction of sp³-hybridized carbons (Fsp3) is 0.600. The maximum atomic E-state index is 11.7. The van der Waals surface area contributed by atoms with Gasteiger partial charge in [0.2, 0.25) is 0 Å². The van der Waals surface area contributed by atoms with Crippen molar-refractivity contribution in [1.29, 1.82) is 0 Å². The molecule has 1 unspecified atom stereocenters. The first-order chi connectivity index (χ1) is 8.09. The van der Waals surface area contributed by atoms with Gasteiger partial charge in [0.05, 0.1) is 0 Å². The third-order valence-corrected chi connectivity index (χ3v) is 4.09. The molecule has 0 aromatic carbocycles. The number of aromatic nitrogens is 2. The number of thioether (sulfide) groups is 1. The van der Waals surface area contributed by atoms with Gasteiger partial charge in [0.1, 0.15) is 11.5 Å². The first-order valence-corrected chi connectivity index (χ1v) is 6.68. The van der Waals surface area contributed by atoms with E-state index >= 15 is 0 Å². The number of hydrogen-bond donors (Lipinski definition) is 3. The van der Waals surface area contributed by atoms with Crippen molar-refractivity contribution in [1.82, 2.24) is 9.55 Å². The van der Waals surface area contributed by atoms with Gasteiger partial charge >= 0.3 is 5.69 Å². The zero-order valence-electron chi connectivity index (χ0n) is 9.66. The summed E-state index contributed by atoms with van der Waals surface area (Å²) < 4.78 is 1.24. The Bertz CT molecular complexity index is 516. The summed E-state index contributed by atoms with van der Waals surface area (Å²) in [5, 5.41) is 3.14. The molecule has 0 bridgehead atoms. The Labute approximate surface area is 103 Å². The first-order valence-electron chi connectivity index (χ1n) is 5.52. The lowest BCUT2D eigenvalue weighted by Crippen LogP contribution is -2.36. The highest BCUT2D eigenvalue weighted by molar-refractivity contribution is 7.99.